The van der Waals surface area contributed by atoms with Crippen LogP contribution in [0.3, 0.4) is 0 Å². The van der Waals surface area contributed by atoms with Crippen molar-refractivity contribution < 1.29 is 23.5 Å². The molecule has 1 aromatic heterocycles. The van der Waals surface area contributed by atoms with Gasteiger partial charge in [0.1, 0.15) is 4.32 Å². The Balaban J connectivity index is 1.70. The van der Waals surface area contributed by atoms with E-state index in [0.717, 1.165) is 28.1 Å². The van der Waals surface area contributed by atoms with Crippen molar-refractivity contribution in [2.24, 2.45) is 0 Å². The van der Waals surface area contributed by atoms with E-state index in [1.165, 1.54) is 29.2 Å². The highest BCUT2D eigenvalue weighted by atomic mass is 32.2. The highest BCUT2D eigenvalue weighted by molar-refractivity contribution is 8.26. The van der Waals surface area contributed by atoms with E-state index < -0.39 is 17.6 Å². The lowest BCUT2D eigenvalue weighted by Crippen LogP contribution is -2.29. The van der Waals surface area contributed by atoms with E-state index in [-0.39, 0.29) is 12.3 Å². The Morgan fingerprint density at radius 1 is 1.23 bits per heavy atom. The molecule has 0 saturated carbocycles. The lowest BCUT2D eigenvalue weighted by atomic mass is 10.0. The summed E-state index contributed by atoms with van der Waals surface area (Å²) >= 11 is 7.99. The summed E-state index contributed by atoms with van der Waals surface area (Å²) in [5.74, 6) is -2.77. The number of thioether (sulfide) groups is 1. The SMILES string of the molecule is Cc1c(-c2ccc(F)c(F)c2)csc1C=C1SC(=S)N(CCCCCC(=O)O)C1=O. The van der Waals surface area contributed by atoms with Crippen molar-refractivity contribution in [2.75, 3.05) is 6.54 Å². The lowest BCUT2D eigenvalue weighted by Gasteiger charge is -2.13. The summed E-state index contributed by atoms with van der Waals surface area (Å²) in [6, 6.07) is 3.79. The summed E-state index contributed by atoms with van der Waals surface area (Å²) in [5.41, 5.74) is 2.25. The summed E-state index contributed by atoms with van der Waals surface area (Å²) in [5, 5.41) is 10.5. The third-order valence-corrected chi connectivity index (χ3v) is 7.13. The summed E-state index contributed by atoms with van der Waals surface area (Å²) < 4.78 is 27.3. The highest BCUT2D eigenvalue weighted by Gasteiger charge is 2.31. The molecule has 30 heavy (non-hydrogen) atoms. The maximum atomic E-state index is 13.6. The van der Waals surface area contributed by atoms with Crippen LogP contribution < -0.4 is 0 Å². The summed E-state index contributed by atoms with van der Waals surface area (Å²) in [6.07, 6.45) is 3.87. The molecule has 2 heterocycles. The van der Waals surface area contributed by atoms with Gasteiger partial charge >= 0.3 is 5.97 Å². The second-order valence-corrected chi connectivity index (χ2v) is 9.39. The zero-order valence-electron chi connectivity index (χ0n) is 16.1. The number of hydrogen-bond acceptors (Lipinski definition) is 5. The first-order valence-electron chi connectivity index (χ1n) is 9.28. The summed E-state index contributed by atoms with van der Waals surface area (Å²) in [7, 11) is 0. The first kappa shape index (κ1) is 22.6. The van der Waals surface area contributed by atoms with Gasteiger partial charge in [0.05, 0.1) is 4.91 Å². The van der Waals surface area contributed by atoms with Gasteiger partial charge in [-0.1, -0.05) is 36.5 Å². The van der Waals surface area contributed by atoms with Crippen LogP contribution in [0.25, 0.3) is 17.2 Å². The molecule has 3 rings (SSSR count). The molecule has 1 aliphatic rings. The van der Waals surface area contributed by atoms with Crippen molar-refractivity contribution in [2.45, 2.75) is 32.6 Å². The van der Waals surface area contributed by atoms with Gasteiger partial charge in [-0.05, 0) is 60.0 Å². The Kier molecular flexibility index (Phi) is 7.38. The quantitative estimate of drug-likeness (QED) is 0.300. The molecule has 1 saturated heterocycles. The van der Waals surface area contributed by atoms with E-state index in [2.05, 4.69) is 0 Å². The van der Waals surface area contributed by atoms with E-state index in [1.54, 1.807) is 11.0 Å². The molecule has 158 valence electrons. The van der Waals surface area contributed by atoms with Gasteiger partial charge in [-0.3, -0.25) is 14.5 Å². The summed E-state index contributed by atoms with van der Waals surface area (Å²) in [6.45, 7) is 2.34. The van der Waals surface area contributed by atoms with E-state index in [0.29, 0.717) is 40.6 Å². The molecular weight excluding hydrogens is 448 g/mol. The van der Waals surface area contributed by atoms with E-state index in [9.17, 15) is 18.4 Å². The van der Waals surface area contributed by atoms with Crippen LogP contribution in [0.1, 0.15) is 36.1 Å². The van der Waals surface area contributed by atoms with Gasteiger partial charge < -0.3 is 5.11 Å². The topological polar surface area (TPSA) is 57.6 Å². The van der Waals surface area contributed by atoms with Crippen LogP contribution in [0, 0.1) is 18.6 Å². The number of carbonyl (C=O) groups is 2. The fourth-order valence-corrected chi connectivity index (χ4v) is 5.45. The maximum Gasteiger partial charge on any atom is 0.303 e. The average Bonchev–Trinajstić information content (AvgIpc) is 3.18. The van der Waals surface area contributed by atoms with Crippen LogP contribution >= 0.6 is 35.3 Å². The number of carbonyl (C=O) groups excluding carboxylic acids is 1. The van der Waals surface area contributed by atoms with Crippen molar-refractivity contribution in [3.8, 4) is 11.1 Å². The van der Waals surface area contributed by atoms with Gasteiger partial charge in [0.25, 0.3) is 5.91 Å². The Hall–Kier alpha value is -2.10. The lowest BCUT2D eigenvalue weighted by molar-refractivity contribution is -0.137. The molecular formula is C21H19F2NO3S3. The second kappa shape index (κ2) is 9.80. The van der Waals surface area contributed by atoms with Crippen LogP contribution in [0.15, 0.2) is 28.5 Å². The predicted octanol–water partition coefficient (Wildman–Crippen LogP) is 5.85. The zero-order chi connectivity index (χ0) is 21.8. The number of unbranched alkanes of at least 4 members (excludes halogenated alkanes) is 2. The molecule has 2 aromatic rings. The smallest absolute Gasteiger partial charge is 0.303 e. The van der Waals surface area contributed by atoms with Crippen molar-refractivity contribution in [3.63, 3.8) is 0 Å². The number of thiophene rings is 1. The van der Waals surface area contributed by atoms with Gasteiger partial charge in [0.2, 0.25) is 0 Å². The minimum absolute atomic E-state index is 0.121. The number of amides is 1. The first-order valence-corrected chi connectivity index (χ1v) is 11.4. The minimum Gasteiger partial charge on any atom is -0.481 e. The number of carboxylic acids is 1. The van der Waals surface area contributed by atoms with Crippen molar-refractivity contribution in [3.05, 3.63) is 50.6 Å². The third-order valence-electron chi connectivity index (χ3n) is 4.72. The molecule has 0 radical (unpaired) electrons. The van der Waals surface area contributed by atoms with Crippen LogP contribution in [-0.2, 0) is 9.59 Å². The second-order valence-electron chi connectivity index (χ2n) is 6.81. The highest BCUT2D eigenvalue weighted by Crippen LogP contribution is 2.37. The number of aliphatic carboxylic acids is 1. The first-order chi connectivity index (χ1) is 14.3. The molecule has 1 aromatic carbocycles. The summed E-state index contributed by atoms with van der Waals surface area (Å²) in [4.78, 5) is 26.2. The van der Waals surface area contributed by atoms with Crippen molar-refractivity contribution in [1.29, 1.82) is 0 Å². The zero-order valence-corrected chi connectivity index (χ0v) is 18.6. The standard InChI is InChI=1S/C21H19F2NO3S3/c1-12-14(13-6-7-15(22)16(23)9-13)11-29-17(12)10-18-20(27)24(21(28)30-18)8-4-2-3-5-19(25)26/h6-7,9-11H,2-5,8H2,1H3,(H,25,26). The number of halogens is 2. The molecule has 0 unspecified atom stereocenters. The number of carboxylic acid groups (broad SMARTS) is 1. The molecule has 1 amide bonds. The Labute approximate surface area is 186 Å². The van der Waals surface area contributed by atoms with Gasteiger partial charge in [-0.15, -0.1) is 11.3 Å². The molecule has 4 nitrogen and oxygen atoms in total. The maximum absolute atomic E-state index is 13.6. The third kappa shape index (κ3) is 5.14. The van der Waals surface area contributed by atoms with E-state index in [4.69, 9.17) is 17.3 Å². The normalized spacial score (nSPS) is 15.4. The van der Waals surface area contributed by atoms with Gasteiger partial charge in [0, 0.05) is 17.8 Å². The average molecular weight is 468 g/mol. The molecule has 1 N–H and O–H groups in total. The van der Waals surface area contributed by atoms with Crippen LogP contribution in [0.4, 0.5) is 8.78 Å². The molecule has 0 bridgehead atoms. The number of hydrogen-bond donors (Lipinski definition) is 1. The minimum atomic E-state index is -0.899. The predicted molar refractivity (Wildman–Crippen MR) is 120 cm³/mol. The molecule has 9 heteroatoms. The molecule has 1 fully saturated rings. The van der Waals surface area contributed by atoms with Gasteiger partial charge in [-0.25, -0.2) is 8.78 Å². The van der Waals surface area contributed by atoms with E-state index >= 15 is 0 Å². The number of benzene rings is 1. The Morgan fingerprint density at radius 3 is 2.70 bits per heavy atom. The van der Waals surface area contributed by atoms with Crippen molar-refractivity contribution in [1.82, 2.24) is 4.90 Å². The van der Waals surface area contributed by atoms with E-state index in [1.807, 2.05) is 12.3 Å². The molecule has 0 spiro atoms. The number of thiocarbonyl (C=S) groups is 1. The molecule has 0 atom stereocenters. The fourth-order valence-electron chi connectivity index (χ4n) is 3.06. The monoisotopic (exact) mass is 467 g/mol. The van der Waals surface area contributed by atoms with Gasteiger partial charge in [-0.2, -0.15) is 0 Å². The fraction of sp³-hybridized carbons (Fsp3) is 0.286. The van der Waals surface area contributed by atoms with Crippen LogP contribution in [0.2, 0.25) is 0 Å². The van der Waals surface area contributed by atoms with Crippen LogP contribution in [-0.4, -0.2) is 32.7 Å². The number of nitrogens with zero attached hydrogens (tertiary/aromatic N) is 1. The van der Waals surface area contributed by atoms with Crippen LogP contribution in [0.5, 0.6) is 0 Å². The molecule has 1 aliphatic heterocycles. The van der Waals surface area contributed by atoms with Gasteiger partial charge in [0.15, 0.2) is 11.6 Å². The Bertz CT molecular complexity index is 1030. The van der Waals surface area contributed by atoms with Crippen molar-refractivity contribution >= 4 is 57.6 Å². The molecule has 0 aliphatic carbocycles. The Morgan fingerprint density at radius 2 is 2.00 bits per heavy atom. The number of rotatable bonds is 8. The largest absolute Gasteiger partial charge is 0.481 e.